The molecule has 5 aliphatic heterocycles. The molecule has 338 valence electrons. The van der Waals surface area contributed by atoms with E-state index in [1.165, 1.54) is 19.0 Å². The van der Waals surface area contributed by atoms with Gasteiger partial charge in [0.25, 0.3) is 0 Å². The van der Waals surface area contributed by atoms with E-state index in [9.17, 15) is 25.2 Å². The molecule has 63 heavy (non-hydrogen) atoms. The van der Waals surface area contributed by atoms with Crippen molar-refractivity contribution in [2.45, 2.75) is 147 Å². The van der Waals surface area contributed by atoms with E-state index < -0.39 is 83.6 Å². The van der Waals surface area contributed by atoms with Gasteiger partial charge in [0.2, 0.25) is 12.2 Å². The normalized spacial score (nSPS) is 35.0. The summed E-state index contributed by atoms with van der Waals surface area (Å²) in [5.41, 5.74) is 0.542. The number of allylic oxidation sites excluding steroid dienone is 4. The highest BCUT2D eigenvalue weighted by Gasteiger charge is 2.84. The summed E-state index contributed by atoms with van der Waals surface area (Å²) >= 11 is 0. The molecule has 6 unspecified atom stereocenters. The van der Waals surface area contributed by atoms with E-state index in [0.29, 0.717) is 70.2 Å². The number of benzene rings is 1. The molecule has 6 heterocycles. The average Bonchev–Trinajstić information content (AvgIpc) is 3.77. The van der Waals surface area contributed by atoms with E-state index in [-0.39, 0.29) is 18.0 Å². The van der Waals surface area contributed by atoms with E-state index >= 15 is 4.79 Å². The second kappa shape index (κ2) is 15.1. The van der Waals surface area contributed by atoms with Gasteiger partial charge in [0.05, 0.1) is 42.2 Å². The molecule has 3 aliphatic carbocycles. The fourth-order valence-corrected chi connectivity index (χ4v) is 11.1. The molecule has 1 spiro atoms. The van der Waals surface area contributed by atoms with Gasteiger partial charge in [0.15, 0.2) is 17.0 Å². The van der Waals surface area contributed by atoms with Gasteiger partial charge in [-0.3, -0.25) is 4.79 Å². The molecule has 3 saturated carbocycles. The van der Waals surface area contributed by atoms with Crippen LogP contribution in [0.4, 0.5) is 5.95 Å². The zero-order chi connectivity index (χ0) is 45.1. The first-order chi connectivity index (χ1) is 29.8. The summed E-state index contributed by atoms with van der Waals surface area (Å²) in [6, 6.07) is -0.658. The highest BCUT2D eigenvalue weighted by molar-refractivity contribution is 6.02. The van der Waals surface area contributed by atoms with Crippen molar-refractivity contribution in [3.8, 4) is 17.2 Å². The summed E-state index contributed by atoms with van der Waals surface area (Å²) in [6.07, 6.45) is 5.46. The van der Waals surface area contributed by atoms with Gasteiger partial charge in [0, 0.05) is 35.0 Å². The van der Waals surface area contributed by atoms with E-state index in [0.717, 1.165) is 12.0 Å². The number of carbonyl (C=O) groups excluding carboxylic acids is 2. The molecule has 2 saturated heterocycles. The van der Waals surface area contributed by atoms with Crippen LogP contribution in [0.3, 0.4) is 0 Å². The number of ether oxygens (including phenoxy) is 6. The Labute approximate surface area is 366 Å². The van der Waals surface area contributed by atoms with Crippen molar-refractivity contribution in [3.05, 3.63) is 69.6 Å². The largest absolute Gasteiger partial charge is 0.482 e. The maximum absolute atomic E-state index is 15.5. The number of ketones is 1. The summed E-state index contributed by atoms with van der Waals surface area (Å²) < 4.78 is 41.7. The maximum atomic E-state index is 15.5. The summed E-state index contributed by atoms with van der Waals surface area (Å²) in [6.45, 7) is 15.0. The van der Waals surface area contributed by atoms with Crippen molar-refractivity contribution >= 4 is 29.5 Å². The van der Waals surface area contributed by atoms with Gasteiger partial charge in [-0.2, -0.15) is 10.1 Å². The molecule has 1 aromatic carbocycles. The molecule has 16 nitrogen and oxygen atoms in total. The Bertz CT molecular complexity index is 2420. The molecule has 4 bridgehead atoms. The molecule has 1 aromatic heterocycles. The van der Waals surface area contributed by atoms with E-state index in [1.54, 1.807) is 17.7 Å². The van der Waals surface area contributed by atoms with Gasteiger partial charge < -0.3 is 54.2 Å². The van der Waals surface area contributed by atoms with Crippen LogP contribution >= 0.6 is 0 Å². The molecular formula is C47H58N4O12. The first-order valence-electron chi connectivity index (χ1n) is 21.8. The minimum Gasteiger partial charge on any atom is -0.482 e. The molecule has 5 fully saturated rings. The van der Waals surface area contributed by atoms with Crippen molar-refractivity contribution < 1.29 is 58.4 Å². The number of nitrogens with zero attached hydrogens (tertiary/aromatic N) is 3. The van der Waals surface area contributed by atoms with Crippen molar-refractivity contribution in [2.75, 3.05) is 19.0 Å². The summed E-state index contributed by atoms with van der Waals surface area (Å²) in [5, 5.41) is 51.6. The predicted octanol–water partition coefficient (Wildman–Crippen LogP) is 4.66. The Morgan fingerprint density at radius 2 is 1.76 bits per heavy atom. The Hall–Kier alpha value is -4.84. The third-order valence-electron chi connectivity index (χ3n) is 14.1. The van der Waals surface area contributed by atoms with Crippen LogP contribution in [0.15, 0.2) is 52.9 Å². The number of Topliss-reactive ketones (excluding diaryl/α,β-unsaturated/α-hetero) is 1. The lowest BCUT2D eigenvalue weighted by Gasteiger charge is -2.62. The third-order valence-corrected chi connectivity index (χ3v) is 14.1. The van der Waals surface area contributed by atoms with Crippen LogP contribution in [0.1, 0.15) is 104 Å². The van der Waals surface area contributed by atoms with E-state index in [2.05, 4.69) is 41.4 Å². The Balaban J connectivity index is 1.36. The van der Waals surface area contributed by atoms with Crippen LogP contribution in [-0.2, 0) is 30.2 Å². The van der Waals surface area contributed by atoms with E-state index in [4.69, 9.17) is 28.4 Å². The Morgan fingerprint density at radius 3 is 2.46 bits per heavy atom. The second-order valence-corrected chi connectivity index (χ2v) is 19.2. The molecule has 0 amide bonds. The minimum atomic E-state index is -1.74. The number of fused-ring (bicyclic) bond motifs is 4. The van der Waals surface area contributed by atoms with Gasteiger partial charge in [-0.05, 0) is 93.2 Å². The van der Waals surface area contributed by atoms with Crippen LogP contribution in [0.25, 0.3) is 11.8 Å². The Morgan fingerprint density at radius 1 is 1.02 bits per heavy atom. The number of aliphatic hydroxyl groups is 4. The molecule has 5 N–H and O–H groups in total. The monoisotopic (exact) mass is 870 g/mol. The predicted molar refractivity (Wildman–Crippen MR) is 229 cm³/mol. The first-order valence-corrected chi connectivity index (χ1v) is 21.8. The summed E-state index contributed by atoms with van der Waals surface area (Å²) in [7, 11) is 1.31. The lowest BCUT2D eigenvalue weighted by Crippen LogP contribution is -2.75. The highest BCUT2D eigenvalue weighted by atomic mass is 16.7. The molecular weight excluding hydrogens is 813 g/mol. The SMILES string of the molecule is COC(=O)/C(C)=C\CC12OC(C)(C)C3CC(C1=O)C1C4=C(Nc5ncnn51)c1c(O[C@H]5O[C@@H](CO)[C@H](O)[C@@H](O)[C@@H]5O)c5c(c(CC=C(C)C)c1OC432)OC(C)(CCC=C(C)C)C=C5. The molecule has 0 radical (unpaired) electrons. The van der Waals surface area contributed by atoms with E-state index in [1.807, 2.05) is 46.8 Å². The van der Waals surface area contributed by atoms with Crippen molar-refractivity contribution in [1.82, 2.24) is 14.8 Å². The number of esters is 1. The van der Waals surface area contributed by atoms with Crippen molar-refractivity contribution in [1.29, 1.82) is 0 Å². The number of aromatic nitrogens is 3. The quantitative estimate of drug-likeness (QED) is 0.118. The second-order valence-electron chi connectivity index (χ2n) is 19.2. The van der Waals surface area contributed by atoms with Gasteiger partial charge in [-0.15, -0.1) is 0 Å². The first kappa shape index (κ1) is 43.4. The zero-order valence-corrected chi connectivity index (χ0v) is 37.2. The topological polar surface area (TPSA) is 213 Å². The van der Waals surface area contributed by atoms with Crippen molar-refractivity contribution in [3.63, 3.8) is 0 Å². The average molecular weight is 871 g/mol. The lowest BCUT2D eigenvalue weighted by atomic mass is 9.47. The van der Waals surface area contributed by atoms with Gasteiger partial charge in [-0.1, -0.05) is 29.4 Å². The number of anilines is 1. The molecule has 2 aromatic rings. The number of nitrogens with one attached hydrogen (secondary N) is 1. The number of aliphatic hydroxyl groups excluding tert-OH is 4. The van der Waals surface area contributed by atoms with Crippen LogP contribution in [0.5, 0.6) is 17.2 Å². The van der Waals surface area contributed by atoms with Gasteiger partial charge in [0.1, 0.15) is 53.6 Å². The number of methoxy groups -OCH3 is 1. The smallest absolute Gasteiger partial charge is 0.333 e. The number of carbonyl (C=O) groups is 2. The number of hydrogen-bond acceptors (Lipinski definition) is 15. The molecule has 11 atom stereocenters. The maximum Gasteiger partial charge on any atom is 0.333 e. The zero-order valence-electron chi connectivity index (χ0n) is 37.2. The standard InChI is InChI=1S/C47H58N4O12/c1-22(2)11-10-16-45(8)17-15-26-37(61-45)25(13-12-23(3)4)39-30(38(26)60-42-36(55)35(54)34(53)28(20-52)59-42)32-31-33(51-43(50-32)48-21-49-51)27-19-29-44(6,7)63-46(40(27)56,47(29,31)62-39)18-14-24(5)41(57)58-9/h11-12,14-15,17,21,27-29,33-36,42,52-55H,10,13,16,18-20H2,1-9H3,(H,48,49,50)/b24-14-/t27?,28-,29?,33?,34-,35+,36-,42+,45?,46?,47?/m0/s1. The summed E-state index contributed by atoms with van der Waals surface area (Å²) in [5.74, 6) is -0.402. The third kappa shape index (κ3) is 6.30. The van der Waals surface area contributed by atoms with Crippen molar-refractivity contribution in [2.24, 2.45) is 11.8 Å². The fourth-order valence-electron chi connectivity index (χ4n) is 11.1. The fraction of sp³-hybridized carbons (Fsp3) is 0.574. The van der Waals surface area contributed by atoms with Gasteiger partial charge in [-0.25, -0.2) is 9.48 Å². The van der Waals surface area contributed by atoms with Crippen LogP contribution < -0.4 is 19.5 Å². The Kier molecular flexibility index (Phi) is 10.4. The van der Waals surface area contributed by atoms with Crippen LogP contribution in [0, 0.1) is 11.8 Å². The molecule has 16 heteroatoms. The molecule has 10 rings (SSSR count). The minimum absolute atomic E-state index is 0.00358. The van der Waals surface area contributed by atoms with Crippen LogP contribution in [-0.4, -0.2) is 114 Å². The van der Waals surface area contributed by atoms with Gasteiger partial charge >= 0.3 is 5.97 Å². The highest BCUT2D eigenvalue weighted by Crippen LogP contribution is 2.74. The number of hydrogen-bond donors (Lipinski definition) is 5. The number of rotatable bonds is 11. The van der Waals surface area contributed by atoms with Crippen LogP contribution in [0.2, 0.25) is 0 Å². The summed E-state index contributed by atoms with van der Waals surface area (Å²) in [4.78, 5) is 32.9. The molecule has 8 aliphatic rings. The lowest BCUT2D eigenvalue weighted by molar-refractivity contribution is -0.277.